The number of thiophene rings is 1. The summed E-state index contributed by atoms with van der Waals surface area (Å²) in [6.07, 6.45) is 0. The van der Waals surface area contributed by atoms with Gasteiger partial charge in [0.2, 0.25) is 0 Å². The molecule has 3 nitrogen and oxygen atoms in total. The molecule has 2 N–H and O–H groups in total. The average molecular weight is 331 g/mol. The van der Waals surface area contributed by atoms with Gasteiger partial charge in [-0.05, 0) is 35.8 Å². The molecular weight excluding hydrogens is 323 g/mol. The van der Waals surface area contributed by atoms with E-state index in [0.717, 1.165) is 0 Å². The number of thiocarbonyl (C=S) groups is 1. The summed E-state index contributed by atoms with van der Waals surface area (Å²) in [5.41, 5.74) is 0.547. The van der Waals surface area contributed by atoms with Crippen LogP contribution >= 0.6 is 46.8 Å². The summed E-state index contributed by atoms with van der Waals surface area (Å²) in [4.78, 5) is 12.4. The summed E-state index contributed by atoms with van der Waals surface area (Å²) >= 11 is 18.3. The van der Waals surface area contributed by atoms with Crippen molar-refractivity contribution in [1.29, 1.82) is 0 Å². The molecule has 19 heavy (non-hydrogen) atoms. The van der Waals surface area contributed by atoms with Crippen LogP contribution in [0.4, 0.5) is 5.69 Å². The molecular formula is C12H8Cl2N2OS2. The van der Waals surface area contributed by atoms with Crippen molar-refractivity contribution in [1.82, 2.24) is 5.32 Å². The van der Waals surface area contributed by atoms with Crippen LogP contribution in [0.5, 0.6) is 0 Å². The highest BCUT2D eigenvalue weighted by Gasteiger charge is 2.10. The van der Waals surface area contributed by atoms with Crippen molar-refractivity contribution >= 4 is 63.5 Å². The lowest BCUT2D eigenvalue weighted by Gasteiger charge is -2.10. The van der Waals surface area contributed by atoms with Gasteiger partial charge in [0.15, 0.2) is 5.11 Å². The number of amides is 1. The highest BCUT2D eigenvalue weighted by Crippen LogP contribution is 2.29. The molecule has 1 aromatic heterocycles. The topological polar surface area (TPSA) is 41.1 Å². The highest BCUT2D eigenvalue weighted by molar-refractivity contribution is 7.80. The highest BCUT2D eigenvalue weighted by atomic mass is 35.5. The monoisotopic (exact) mass is 330 g/mol. The summed E-state index contributed by atoms with van der Waals surface area (Å²) in [6, 6.07) is 8.64. The SMILES string of the molecule is O=C(NC(=S)Nc1cccc(Cl)c1Cl)c1cccs1. The number of nitrogens with one attached hydrogen (secondary N) is 2. The molecule has 98 valence electrons. The maximum atomic E-state index is 11.8. The number of anilines is 1. The summed E-state index contributed by atoms with van der Waals surface area (Å²) in [7, 11) is 0. The molecule has 0 aliphatic rings. The molecule has 0 fully saturated rings. The molecule has 0 radical (unpaired) electrons. The van der Waals surface area contributed by atoms with E-state index in [-0.39, 0.29) is 11.0 Å². The van der Waals surface area contributed by atoms with Gasteiger partial charge in [-0.2, -0.15) is 0 Å². The normalized spacial score (nSPS) is 10.0. The van der Waals surface area contributed by atoms with Crippen molar-refractivity contribution in [2.45, 2.75) is 0 Å². The second-order valence-corrected chi connectivity index (χ2v) is 5.63. The summed E-state index contributed by atoms with van der Waals surface area (Å²) in [5.74, 6) is -0.259. The number of carbonyl (C=O) groups is 1. The van der Waals surface area contributed by atoms with Gasteiger partial charge < -0.3 is 5.32 Å². The number of halogens is 2. The Labute approximate surface area is 129 Å². The first kappa shape index (κ1) is 14.3. The van der Waals surface area contributed by atoms with E-state index in [0.29, 0.717) is 20.6 Å². The third kappa shape index (κ3) is 3.67. The molecule has 0 spiro atoms. The van der Waals surface area contributed by atoms with E-state index in [9.17, 15) is 4.79 Å². The largest absolute Gasteiger partial charge is 0.331 e. The van der Waals surface area contributed by atoms with E-state index in [1.165, 1.54) is 11.3 Å². The lowest BCUT2D eigenvalue weighted by atomic mass is 10.3. The van der Waals surface area contributed by atoms with Crippen molar-refractivity contribution in [3.63, 3.8) is 0 Å². The zero-order valence-electron chi connectivity index (χ0n) is 9.44. The third-order valence-electron chi connectivity index (χ3n) is 2.17. The van der Waals surface area contributed by atoms with Crippen molar-refractivity contribution in [3.05, 3.63) is 50.6 Å². The van der Waals surface area contributed by atoms with Crippen molar-refractivity contribution in [2.24, 2.45) is 0 Å². The molecule has 0 atom stereocenters. The molecule has 0 aliphatic heterocycles. The number of hydrogen-bond acceptors (Lipinski definition) is 3. The quantitative estimate of drug-likeness (QED) is 0.811. The Hall–Kier alpha value is -1.14. The van der Waals surface area contributed by atoms with Gasteiger partial charge in [-0.25, -0.2) is 0 Å². The summed E-state index contributed by atoms with van der Waals surface area (Å²) in [5, 5.41) is 8.16. The van der Waals surface area contributed by atoms with E-state index in [4.69, 9.17) is 35.4 Å². The fourth-order valence-electron chi connectivity index (χ4n) is 1.33. The number of carbonyl (C=O) groups excluding carboxylic acids is 1. The molecule has 0 unspecified atom stereocenters. The molecule has 7 heteroatoms. The van der Waals surface area contributed by atoms with E-state index in [1.807, 2.05) is 5.38 Å². The fraction of sp³-hybridized carbons (Fsp3) is 0. The van der Waals surface area contributed by atoms with Gasteiger partial charge in [-0.3, -0.25) is 10.1 Å². The summed E-state index contributed by atoms with van der Waals surface area (Å²) in [6.45, 7) is 0. The maximum absolute atomic E-state index is 11.8. The number of hydrogen-bond donors (Lipinski definition) is 2. The van der Waals surface area contributed by atoms with Crippen LogP contribution in [0.2, 0.25) is 10.0 Å². The van der Waals surface area contributed by atoms with Crippen LogP contribution in [0.15, 0.2) is 35.7 Å². The first-order valence-corrected chi connectivity index (χ1v) is 7.22. The van der Waals surface area contributed by atoms with Gasteiger partial charge in [0.05, 0.1) is 20.6 Å². The Morgan fingerprint density at radius 1 is 1.21 bits per heavy atom. The molecule has 1 aromatic carbocycles. The molecule has 0 saturated heterocycles. The van der Waals surface area contributed by atoms with Crippen molar-refractivity contribution in [3.8, 4) is 0 Å². The Kier molecular flexibility index (Phi) is 4.76. The molecule has 0 bridgehead atoms. The Morgan fingerprint density at radius 2 is 2.00 bits per heavy atom. The maximum Gasteiger partial charge on any atom is 0.267 e. The van der Waals surface area contributed by atoms with Gasteiger partial charge >= 0.3 is 0 Å². The Bertz CT molecular complexity index is 614. The van der Waals surface area contributed by atoms with Crippen LogP contribution in [0.25, 0.3) is 0 Å². The summed E-state index contributed by atoms with van der Waals surface area (Å²) < 4.78 is 0. The van der Waals surface area contributed by atoms with Gasteiger partial charge in [0, 0.05) is 0 Å². The van der Waals surface area contributed by atoms with E-state index in [1.54, 1.807) is 30.3 Å². The zero-order chi connectivity index (χ0) is 13.8. The lowest BCUT2D eigenvalue weighted by Crippen LogP contribution is -2.33. The molecule has 1 amide bonds. The molecule has 1 heterocycles. The van der Waals surface area contributed by atoms with Gasteiger partial charge in [0.1, 0.15) is 0 Å². The molecule has 2 aromatic rings. The third-order valence-corrected chi connectivity index (χ3v) is 4.06. The predicted molar refractivity (Wildman–Crippen MR) is 84.5 cm³/mol. The molecule has 0 saturated carbocycles. The first-order valence-electron chi connectivity index (χ1n) is 5.18. The zero-order valence-corrected chi connectivity index (χ0v) is 12.6. The fourth-order valence-corrected chi connectivity index (χ4v) is 2.50. The lowest BCUT2D eigenvalue weighted by molar-refractivity contribution is 0.0981. The van der Waals surface area contributed by atoms with Crippen LogP contribution < -0.4 is 10.6 Å². The minimum atomic E-state index is -0.259. The Morgan fingerprint density at radius 3 is 2.68 bits per heavy atom. The standard InChI is InChI=1S/C12H8Cl2N2OS2/c13-7-3-1-4-8(10(7)14)15-12(18)16-11(17)9-5-2-6-19-9/h1-6H,(H2,15,16,17,18). The van der Waals surface area contributed by atoms with Crippen LogP contribution in [0, 0.1) is 0 Å². The first-order chi connectivity index (χ1) is 9.08. The van der Waals surface area contributed by atoms with Crippen LogP contribution in [0.1, 0.15) is 9.67 Å². The minimum absolute atomic E-state index is 0.169. The van der Waals surface area contributed by atoms with E-state index >= 15 is 0 Å². The van der Waals surface area contributed by atoms with Crippen molar-refractivity contribution < 1.29 is 4.79 Å². The van der Waals surface area contributed by atoms with Crippen LogP contribution in [0.3, 0.4) is 0 Å². The Balaban J connectivity index is 2.02. The second-order valence-electron chi connectivity index (χ2n) is 3.49. The van der Waals surface area contributed by atoms with E-state index < -0.39 is 0 Å². The van der Waals surface area contributed by atoms with Gasteiger partial charge in [-0.15, -0.1) is 11.3 Å². The van der Waals surface area contributed by atoms with Crippen LogP contribution in [-0.4, -0.2) is 11.0 Å². The predicted octanol–water partition coefficient (Wildman–Crippen LogP) is 4.18. The van der Waals surface area contributed by atoms with Gasteiger partial charge in [-0.1, -0.05) is 35.3 Å². The smallest absolute Gasteiger partial charge is 0.267 e. The van der Waals surface area contributed by atoms with E-state index in [2.05, 4.69) is 10.6 Å². The van der Waals surface area contributed by atoms with Crippen molar-refractivity contribution in [2.75, 3.05) is 5.32 Å². The average Bonchev–Trinajstić information content (AvgIpc) is 2.88. The number of benzene rings is 1. The molecule has 0 aliphatic carbocycles. The minimum Gasteiger partial charge on any atom is -0.331 e. The second kappa shape index (κ2) is 6.34. The van der Waals surface area contributed by atoms with Crippen LogP contribution in [-0.2, 0) is 0 Å². The van der Waals surface area contributed by atoms with Gasteiger partial charge in [0.25, 0.3) is 5.91 Å². The molecule has 2 rings (SSSR count). The number of rotatable bonds is 2.